The van der Waals surface area contributed by atoms with Crippen LogP contribution in [-0.2, 0) is 39.3 Å². The number of carbonyl (C=O) groups excluding carboxylic acids is 2. The van der Waals surface area contributed by atoms with Crippen molar-refractivity contribution in [3.63, 3.8) is 0 Å². The number of benzene rings is 2. The number of esters is 1. The van der Waals surface area contributed by atoms with E-state index in [1.165, 1.54) is 11.8 Å². The molecule has 0 bridgehead atoms. The largest absolute Gasteiger partial charge is 0.494 e. The molecule has 38 heavy (non-hydrogen) atoms. The molecule has 9 nitrogen and oxygen atoms in total. The van der Waals surface area contributed by atoms with Gasteiger partial charge in [-0.15, -0.1) is 11.8 Å². The number of imidazole rings is 1. The third kappa shape index (κ3) is 7.61. The molecule has 200 valence electrons. The number of hydrogen-bond acceptors (Lipinski definition) is 6. The average Bonchev–Trinajstić information content (AvgIpc) is 3.45. The average molecular weight is 539 g/mol. The summed E-state index contributed by atoms with van der Waals surface area (Å²) in [5.74, 6) is -0.744. The Labute approximate surface area is 226 Å². The highest BCUT2D eigenvalue weighted by molar-refractivity contribution is 8.01. The molecule has 1 saturated heterocycles. The molecule has 0 aliphatic carbocycles. The third-order valence-corrected chi connectivity index (χ3v) is 7.57. The molecule has 0 spiro atoms. The van der Waals surface area contributed by atoms with Crippen molar-refractivity contribution in [3.05, 3.63) is 84.4 Å². The highest BCUT2D eigenvalue weighted by Gasteiger charge is 2.41. The molecule has 1 aliphatic heterocycles. The summed E-state index contributed by atoms with van der Waals surface area (Å²) in [7, 11) is 1.93. The molecular weight excluding hydrogens is 506 g/mol. The Balaban J connectivity index is 1.26. The van der Waals surface area contributed by atoms with Crippen LogP contribution in [0, 0.1) is 0 Å². The Morgan fingerprint density at radius 3 is 2.53 bits per heavy atom. The van der Waals surface area contributed by atoms with Crippen molar-refractivity contribution in [1.82, 2.24) is 9.47 Å². The number of aromatic nitrogens is 2. The number of nitrogens with zero attached hydrogens (tertiary/aromatic N) is 3. The van der Waals surface area contributed by atoms with E-state index in [0.29, 0.717) is 38.5 Å². The number of aliphatic carboxylic acids is 1. The van der Waals surface area contributed by atoms with Crippen LogP contribution in [0.25, 0.3) is 0 Å². The van der Waals surface area contributed by atoms with Gasteiger partial charge in [0.15, 0.2) is 0 Å². The molecule has 2 unspecified atom stereocenters. The Morgan fingerprint density at radius 1 is 1.08 bits per heavy atom. The number of ether oxygens (including phenoxy) is 2. The van der Waals surface area contributed by atoms with Gasteiger partial charge in [0.25, 0.3) is 0 Å². The van der Waals surface area contributed by atoms with Crippen LogP contribution < -0.4 is 9.30 Å². The van der Waals surface area contributed by atoms with E-state index in [2.05, 4.69) is 0 Å². The standard InChI is InChI=1S/C28H31N3O6S/c1-29-13-14-30(20-29)15-17-37-26(34)8-5-16-36-23-11-9-22(10-12-23)28-31(19-21-6-3-2-4-7-21)27(35)24(38-28)18-25(32)33/h2-4,6-7,9-14,20,24,28H,5,8,15-19H2,1H3/p+1. The van der Waals surface area contributed by atoms with Gasteiger partial charge in [-0.05, 0) is 29.7 Å². The topological polar surface area (TPSA) is 102 Å². The van der Waals surface area contributed by atoms with Gasteiger partial charge in [-0.25, -0.2) is 9.13 Å². The van der Waals surface area contributed by atoms with Crippen LogP contribution in [-0.4, -0.2) is 50.9 Å². The van der Waals surface area contributed by atoms with Crippen LogP contribution in [0.1, 0.15) is 35.8 Å². The molecule has 1 amide bonds. The zero-order valence-corrected chi connectivity index (χ0v) is 22.1. The molecule has 3 aromatic rings. The first-order chi connectivity index (χ1) is 18.4. The molecule has 4 rings (SSSR count). The fraction of sp³-hybridized carbons (Fsp3) is 0.357. The normalized spacial score (nSPS) is 17.0. The van der Waals surface area contributed by atoms with Gasteiger partial charge in [-0.2, -0.15) is 0 Å². The minimum atomic E-state index is -0.987. The van der Waals surface area contributed by atoms with Crippen molar-refractivity contribution >= 4 is 29.6 Å². The van der Waals surface area contributed by atoms with E-state index in [1.54, 1.807) is 4.90 Å². The number of carboxylic acid groups (broad SMARTS) is 1. The number of hydrogen-bond donors (Lipinski definition) is 1. The Bertz CT molecular complexity index is 1230. The lowest BCUT2D eigenvalue weighted by molar-refractivity contribution is -0.671. The molecule has 1 fully saturated rings. The maximum atomic E-state index is 13.0. The minimum absolute atomic E-state index is 0.166. The van der Waals surface area contributed by atoms with E-state index < -0.39 is 11.2 Å². The Kier molecular flexibility index (Phi) is 9.42. The molecule has 2 atom stereocenters. The third-order valence-electron chi connectivity index (χ3n) is 6.09. The van der Waals surface area contributed by atoms with Crippen LogP contribution in [0.2, 0.25) is 0 Å². The van der Waals surface area contributed by atoms with E-state index >= 15 is 0 Å². The molecule has 10 heteroatoms. The van der Waals surface area contributed by atoms with E-state index in [4.69, 9.17) is 9.47 Å². The van der Waals surface area contributed by atoms with Crippen LogP contribution in [0.5, 0.6) is 5.75 Å². The second-order valence-corrected chi connectivity index (χ2v) is 10.4. The number of carbonyl (C=O) groups is 3. The van der Waals surface area contributed by atoms with E-state index in [1.807, 2.05) is 89.5 Å². The van der Waals surface area contributed by atoms with Crippen molar-refractivity contribution in [2.75, 3.05) is 13.2 Å². The maximum Gasteiger partial charge on any atom is 0.306 e. The van der Waals surface area contributed by atoms with Gasteiger partial charge >= 0.3 is 11.9 Å². The van der Waals surface area contributed by atoms with Crippen LogP contribution in [0.3, 0.4) is 0 Å². The van der Waals surface area contributed by atoms with Gasteiger partial charge in [0.1, 0.15) is 36.7 Å². The van der Waals surface area contributed by atoms with Crippen molar-refractivity contribution in [3.8, 4) is 5.75 Å². The zero-order valence-electron chi connectivity index (χ0n) is 21.3. The van der Waals surface area contributed by atoms with E-state index in [9.17, 15) is 19.5 Å². The quantitative estimate of drug-likeness (QED) is 0.202. The van der Waals surface area contributed by atoms with Gasteiger partial charge < -0.3 is 19.5 Å². The summed E-state index contributed by atoms with van der Waals surface area (Å²) < 4.78 is 14.9. The summed E-state index contributed by atoms with van der Waals surface area (Å²) in [5.41, 5.74) is 1.89. The second-order valence-electron chi connectivity index (χ2n) is 9.09. The number of carboxylic acids is 1. The lowest BCUT2D eigenvalue weighted by Gasteiger charge is -2.24. The summed E-state index contributed by atoms with van der Waals surface area (Å²) >= 11 is 1.36. The number of rotatable bonds is 13. The first-order valence-corrected chi connectivity index (χ1v) is 13.4. The highest BCUT2D eigenvalue weighted by Crippen LogP contribution is 2.45. The molecule has 1 N–H and O–H groups in total. The molecule has 0 saturated carbocycles. The predicted molar refractivity (Wildman–Crippen MR) is 141 cm³/mol. The monoisotopic (exact) mass is 538 g/mol. The second kappa shape index (κ2) is 13.1. The molecule has 1 aromatic heterocycles. The summed E-state index contributed by atoms with van der Waals surface area (Å²) in [5, 5.41) is 8.35. The maximum absolute atomic E-state index is 13.0. The Morgan fingerprint density at radius 2 is 1.84 bits per heavy atom. The summed E-state index contributed by atoms with van der Waals surface area (Å²) in [6, 6.07) is 17.1. The van der Waals surface area contributed by atoms with Crippen LogP contribution in [0.15, 0.2) is 73.3 Å². The smallest absolute Gasteiger partial charge is 0.306 e. The molecule has 1 aliphatic rings. The lowest BCUT2D eigenvalue weighted by atomic mass is 10.1. The molecule has 2 heterocycles. The molecular formula is C28H32N3O6S+. The minimum Gasteiger partial charge on any atom is -0.494 e. The van der Waals surface area contributed by atoms with Gasteiger partial charge in [0.05, 0.1) is 25.3 Å². The summed E-state index contributed by atoms with van der Waals surface area (Å²) in [6.07, 6.45) is 6.37. The van der Waals surface area contributed by atoms with Crippen LogP contribution >= 0.6 is 11.8 Å². The van der Waals surface area contributed by atoms with Gasteiger partial charge in [-0.3, -0.25) is 14.4 Å². The fourth-order valence-electron chi connectivity index (χ4n) is 4.19. The van der Waals surface area contributed by atoms with E-state index in [0.717, 1.165) is 11.1 Å². The summed E-state index contributed by atoms with van der Waals surface area (Å²) in [4.78, 5) is 38.0. The zero-order chi connectivity index (χ0) is 26.9. The highest BCUT2D eigenvalue weighted by atomic mass is 32.2. The van der Waals surface area contributed by atoms with Gasteiger partial charge in [0.2, 0.25) is 12.2 Å². The van der Waals surface area contributed by atoms with Crippen LogP contribution in [0.4, 0.5) is 0 Å². The predicted octanol–water partition coefficient (Wildman–Crippen LogP) is 3.33. The molecule has 2 aromatic carbocycles. The van der Waals surface area contributed by atoms with Crippen molar-refractivity contribution in [2.45, 2.75) is 43.0 Å². The SMILES string of the molecule is C[n+]1ccn(CCOC(=O)CCCOc2ccc(C3SC(CC(=O)O)C(=O)N3Cc3ccccc3)cc2)c1. The van der Waals surface area contributed by atoms with Crippen molar-refractivity contribution < 1.29 is 33.5 Å². The summed E-state index contributed by atoms with van der Waals surface area (Å²) in [6.45, 7) is 1.72. The molecule has 0 radical (unpaired) electrons. The fourth-order valence-corrected chi connectivity index (χ4v) is 5.63. The Hall–Kier alpha value is -3.79. The number of amides is 1. The number of aryl methyl sites for hydroxylation is 1. The first-order valence-electron chi connectivity index (χ1n) is 12.5. The van der Waals surface area contributed by atoms with Gasteiger partial charge in [0, 0.05) is 13.0 Å². The van der Waals surface area contributed by atoms with E-state index in [-0.39, 0.29) is 30.1 Å². The first kappa shape index (κ1) is 27.3. The number of thioether (sulfide) groups is 1. The van der Waals surface area contributed by atoms with Gasteiger partial charge in [-0.1, -0.05) is 42.5 Å². The van der Waals surface area contributed by atoms with Crippen molar-refractivity contribution in [1.29, 1.82) is 0 Å². The lowest BCUT2D eigenvalue weighted by Crippen LogP contribution is -2.31. The van der Waals surface area contributed by atoms with Crippen molar-refractivity contribution in [2.24, 2.45) is 7.05 Å².